The number of aromatic nitrogens is 11. The molecule has 0 saturated carbocycles. The number of rotatable bonds is 17. The number of nitrogens with one attached hydrogen (secondary N) is 3. The smallest absolute Gasteiger partial charge is 0.255 e. The molecule has 2 amide bonds. The van der Waals surface area contributed by atoms with Crippen LogP contribution in [0.3, 0.4) is 0 Å². The number of amides is 2. The second-order valence-corrected chi connectivity index (χ2v) is 33.5. The lowest BCUT2D eigenvalue weighted by Gasteiger charge is -2.11. The molecule has 20 aromatic rings. The van der Waals surface area contributed by atoms with E-state index in [0.717, 1.165) is 73.0 Å². The number of carbonyl (C=O) groups is 3. The van der Waals surface area contributed by atoms with Gasteiger partial charge in [0.1, 0.15) is 10.3 Å². The van der Waals surface area contributed by atoms with Crippen LogP contribution < -0.4 is 16.4 Å². The van der Waals surface area contributed by atoms with Crippen molar-refractivity contribution < 1.29 is 27.4 Å². The van der Waals surface area contributed by atoms with Gasteiger partial charge in [-0.1, -0.05) is 314 Å². The Bertz CT molecular complexity index is 7810. The van der Waals surface area contributed by atoms with Crippen molar-refractivity contribution in [2.24, 2.45) is 9.98 Å². The molecular weight excluding hydrogens is 1980 g/mol. The Kier molecular flexibility index (Phi) is 41.5. The Morgan fingerprint density at radius 2 is 0.568 bits per heavy atom. The number of nitrogen functional groups attached to an aromatic ring is 1. The topological polar surface area (TPSA) is 332 Å². The largest absolute Gasteiger partial charge is 0.416 e. The van der Waals surface area contributed by atoms with Gasteiger partial charge in [0.05, 0.1) is 50.8 Å². The molecule has 0 aliphatic rings. The van der Waals surface area contributed by atoms with Crippen molar-refractivity contribution in [1.29, 1.82) is 0 Å². The molecule has 34 heteroatoms. The molecule has 720 valence electrons. The van der Waals surface area contributed by atoms with Crippen LogP contribution in [0.25, 0.3) is 115 Å². The van der Waals surface area contributed by atoms with E-state index in [1.165, 1.54) is 0 Å². The van der Waals surface area contributed by atoms with Crippen LogP contribution in [0.5, 0.6) is 0 Å². The first-order valence-corrected chi connectivity index (χ1v) is 47.8. The zero-order valence-electron chi connectivity index (χ0n) is 77.4. The third kappa shape index (κ3) is 33.8. The van der Waals surface area contributed by atoms with Gasteiger partial charge in [0.2, 0.25) is 38.6 Å². The minimum Gasteiger partial charge on any atom is -0.416 e. The molecule has 0 aliphatic heterocycles. The quantitative estimate of drug-likeness (QED) is 0.0285. The number of hydrogen-bond acceptors (Lipinski definition) is 18. The zero-order valence-corrected chi connectivity index (χ0v) is 82.0. The average Bonchev–Trinajstić information content (AvgIpc) is 1.62. The fourth-order valence-corrected chi connectivity index (χ4v) is 13.3. The lowest BCUT2D eigenvalue weighted by molar-refractivity contribution is 0.101. The third-order valence-corrected chi connectivity index (χ3v) is 20.8. The number of nitrogens with zero attached hydrogens (tertiary/aromatic N) is 18. The Labute approximate surface area is 877 Å². The van der Waals surface area contributed by atoms with Crippen molar-refractivity contribution in [1.82, 2.24) is 55.8 Å². The van der Waals surface area contributed by atoms with Gasteiger partial charge in [0.25, 0.3) is 17.1 Å². The molecule has 0 bridgehead atoms. The highest BCUT2D eigenvalue weighted by Crippen LogP contribution is 2.34. The van der Waals surface area contributed by atoms with E-state index >= 15 is 0 Å². The van der Waals surface area contributed by atoms with E-state index < -0.39 is 14.5 Å². The summed E-state index contributed by atoms with van der Waals surface area (Å²) in [7, 11) is 7.36. The monoisotopic (exact) mass is 2060 g/mol. The fourth-order valence-electron chi connectivity index (χ4n) is 12.7. The summed E-state index contributed by atoms with van der Waals surface area (Å²) in [5.41, 5.74) is 22.9. The van der Waals surface area contributed by atoms with Crippen molar-refractivity contribution in [3.05, 3.63) is 533 Å². The van der Waals surface area contributed by atoms with E-state index in [0.29, 0.717) is 113 Å². The van der Waals surface area contributed by atoms with Gasteiger partial charge in [0, 0.05) is 111 Å². The van der Waals surface area contributed by atoms with E-state index in [1.807, 2.05) is 259 Å². The Balaban J connectivity index is 0.000000155. The standard InChI is InChI=1S/C29H18N6O.C15H10N6O.2C14H9ClN2.2C14H10N2O.C7H5ClO.C7H6N2.Cl2OS/c1-30-24-16-18-25(19-17-24)35-26(20-8-4-2-5-9-20)31-32-27(35)21-12-14-23(15-13-21)29-34-33-28(36-29)22-10-6-3-7-11-22;1-2-4-11(5-3-1)14-18-19-15(22-14)12-8-6-10(7-9-12)13-16-20-21-17-13;2*1-16-12-7-9-13(10-8-12)17-14(15)11-5-3-2-4-6-11;2*1-15-12-7-9-13(10-8-12)16-14(17)11-5-3-2-4-6-11;8-7(9)6-4-2-1-3-5-6;1-9-7-4-2-6(8)3-5-7;1-4(2)3/h2-19H;1-9H,(H,16,17,20,21);2*2-10H;2*2-10H,(H,16,17);1-5H;2-5H,8H2;. The highest BCUT2D eigenvalue weighted by molar-refractivity contribution is 8.26. The van der Waals surface area contributed by atoms with Gasteiger partial charge in [-0.25, -0.2) is 43.3 Å². The van der Waals surface area contributed by atoms with Crippen LogP contribution in [0.15, 0.2) is 456 Å². The molecule has 16 aromatic carbocycles. The number of benzene rings is 16. The zero-order chi connectivity index (χ0) is 104. The van der Waals surface area contributed by atoms with Crippen molar-refractivity contribution in [3.63, 3.8) is 0 Å². The number of carbonyl (C=O) groups excluding carboxylic acids is 3. The highest BCUT2D eigenvalue weighted by atomic mass is 36.0. The molecule has 0 aliphatic carbocycles. The van der Waals surface area contributed by atoms with Crippen LogP contribution in [-0.2, 0) is 9.23 Å². The normalized spacial score (nSPS) is 10.2. The van der Waals surface area contributed by atoms with Gasteiger partial charge in [0.15, 0.2) is 45.8 Å². The highest BCUT2D eigenvalue weighted by Gasteiger charge is 2.20. The van der Waals surface area contributed by atoms with Gasteiger partial charge in [-0.15, -0.1) is 40.8 Å². The Hall–Kier alpha value is -19.7. The van der Waals surface area contributed by atoms with Crippen molar-refractivity contribution in [3.8, 4) is 85.7 Å². The number of aliphatic imine (C=N–C) groups is 2. The number of tetrazole rings is 1. The van der Waals surface area contributed by atoms with E-state index in [2.05, 4.69) is 122 Å². The van der Waals surface area contributed by atoms with Crippen molar-refractivity contribution in [2.45, 2.75) is 0 Å². The van der Waals surface area contributed by atoms with Crippen molar-refractivity contribution >= 4 is 155 Å². The lowest BCUT2D eigenvalue weighted by atomic mass is 10.1. The van der Waals surface area contributed by atoms with Crippen LogP contribution in [0.1, 0.15) is 42.2 Å². The molecule has 4 aromatic heterocycles. The molecule has 5 N–H and O–H groups in total. The molecule has 0 saturated heterocycles. The summed E-state index contributed by atoms with van der Waals surface area (Å²) in [4.78, 5) is 62.5. The minimum atomic E-state index is -1.67. The van der Waals surface area contributed by atoms with Crippen LogP contribution in [0, 0.1) is 39.4 Å². The maximum absolute atomic E-state index is 11.8. The van der Waals surface area contributed by atoms with Crippen molar-refractivity contribution in [2.75, 3.05) is 16.4 Å². The van der Waals surface area contributed by atoms with Gasteiger partial charge < -0.3 is 25.2 Å². The van der Waals surface area contributed by atoms with E-state index in [1.54, 1.807) is 182 Å². The molecule has 0 spiro atoms. The summed E-state index contributed by atoms with van der Waals surface area (Å²) in [5.74, 6) is 3.54. The first-order valence-electron chi connectivity index (χ1n) is 43.9. The third-order valence-electron chi connectivity index (χ3n) is 20.0. The summed E-state index contributed by atoms with van der Waals surface area (Å²) >= 11 is 17.4. The number of anilines is 3. The Morgan fingerprint density at radius 3 is 0.865 bits per heavy atom. The predicted molar refractivity (Wildman–Crippen MR) is 586 cm³/mol. The number of nitrogens with two attached hydrogens (primary N) is 1. The lowest BCUT2D eigenvalue weighted by Crippen LogP contribution is -2.11. The first kappa shape index (κ1) is 107. The summed E-state index contributed by atoms with van der Waals surface area (Å²) in [6, 6.07) is 132. The fraction of sp³-hybridized carbons (Fsp3) is 0. The average molecular weight is 2060 g/mol. The molecule has 0 unspecified atom stereocenters. The Morgan fingerprint density at radius 1 is 0.311 bits per heavy atom. The van der Waals surface area contributed by atoms with E-state index in [-0.39, 0.29) is 11.8 Å². The maximum atomic E-state index is 11.8. The number of aromatic amines is 1. The summed E-state index contributed by atoms with van der Waals surface area (Å²) in [5, 5.41) is 45.5. The molecule has 0 radical (unpaired) electrons. The SMILES string of the molecule is O=C(Cl)c1ccccc1.O=S(Cl)Cl.[C-]#[N+]c1ccc(-n2c(-c3ccccc3)nnc2-c2ccc(-c3nnc(-c4ccccc4)o3)cc2)cc1.[C-]#[N+]c1ccc(N)cc1.[C-]#[N+]c1ccc(N=C(Cl)c2ccccc2)cc1.[C-]#[N+]c1ccc(N=C(Cl)c2ccccc2)cc1.[C-]#[N+]c1ccc(NC(=O)c2ccccc2)cc1.[C-]#[N+]c1ccc(NC(=O)c2ccccc2)cc1.c1ccc(-c2nnc(-c3ccc(-c4nn[nH]n4)cc3)o2)cc1. The summed E-state index contributed by atoms with van der Waals surface area (Å²) in [6.45, 7) is 41.2. The van der Waals surface area contributed by atoms with E-state index in [9.17, 15) is 14.4 Å². The number of hydrogen-bond donors (Lipinski definition) is 4. The van der Waals surface area contributed by atoms with Crippen LogP contribution in [-0.4, -0.2) is 87.4 Å². The van der Waals surface area contributed by atoms with Gasteiger partial charge >= 0.3 is 0 Å². The van der Waals surface area contributed by atoms with Gasteiger partial charge in [-0.3, -0.25) is 19.0 Å². The molecule has 20 rings (SSSR count). The van der Waals surface area contributed by atoms with Crippen LogP contribution >= 0.6 is 56.2 Å². The number of halogens is 5. The van der Waals surface area contributed by atoms with E-state index in [4.69, 9.17) is 93.0 Å². The molecular formula is C114H77Cl5N22O6S. The van der Waals surface area contributed by atoms with Crippen LogP contribution in [0.4, 0.5) is 62.6 Å². The predicted octanol–water partition coefficient (Wildman–Crippen LogP) is 30.5. The van der Waals surface area contributed by atoms with Gasteiger partial charge in [-0.05, 0) is 162 Å². The summed E-state index contributed by atoms with van der Waals surface area (Å²) in [6.07, 6.45) is 0. The molecule has 148 heavy (non-hydrogen) atoms. The maximum Gasteiger partial charge on any atom is 0.255 e. The number of H-pyrrole nitrogens is 1. The summed E-state index contributed by atoms with van der Waals surface area (Å²) < 4.78 is 22.7. The molecule has 0 fully saturated rings. The molecule has 0 atom stereocenters. The second-order valence-electron chi connectivity index (χ2n) is 29.9. The first-order chi connectivity index (χ1) is 72.2. The molecule has 4 heterocycles. The minimum absolute atomic E-state index is 0.152. The van der Waals surface area contributed by atoms with Crippen LogP contribution in [0.2, 0.25) is 0 Å². The second kappa shape index (κ2) is 57.3. The van der Waals surface area contributed by atoms with Gasteiger partial charge in [-0.2, -0.15) is 5.21 Å². The molecule has 28 nitrogen and oxygen atoms in total.